The van der Waals surface area contributed by atoms with Crippen molar-refractivity contribution in [1.29, 1.82) is 0 Å². The number of nitroso groups, excluding NO2 is 1. The maximum absolute atomic E-state index is 9.94. The lowest BCUT2D eigenvalue weighted by atomic mass is 10.2. The molecule has 0 atom stereocenters. The summed E-state index contributed by atoms with van der Waals surface area (Å²) in [5, 5.41) is 4.43. The van der Waals surface area contributed by atoms with E-state index in [-0.39, 0.29) is 0 Å². The van der Waals surface area contributed by atoms with Crippen LogP contribution in [-0.4, -0.2) is 23.9 Å². The van der Waals surface area contributed by atoms with Crippen LogP contribution in [0.25, 0.3) is 0 Å². The Morgan fingerprint density at radius 1 is 1.33 bits per heavy atom. The van der Waals surface area contributed by atoms with Crippen molar-refractivity contribution in [3.05, 3.63) is 34.7 Å². The zero-order chi connectivity index (χ0) is 13.4. The van der Waals surface area contributed by atoms with Crippen molar-refractivity contribution < 1.29 is 0 Å². The smallest absolute Gasteiger partial charge is 0.116 e. The Morgan fingerprint density at radius 2 is 2.06 bits per heavy atom. The van der Waals surface area contributed by atoms with Gasteiger partial charge in [-0.05, 0) is 38.3 Å². The Kier molecular flexibility index (Phi) is 6.00. The third kappa shape index (κ3) is 4.63. The van der Waals surface area contributed by atoms with E-state index in [0.717, 1.165) is 29.9 Å². The van der Waals surface area contributed by atoms with E-state index < -0.39 is 0 Å². The molecule has 0 aromatic heterocycles. The van der Waals surface area contributed by atoms with E-state index in [2.05, 4.69) is 10.2 Å². The minimum atomic E-state index is 0.349. The predicted octanol–water partition coefficient (Wildman–Crippen LogP) is 2.77. The molecule has 5 nitrogen and oxygen atoms in total. The van der Waals surface area contributed by atoms with Crippen LogP contribution < -0.4 is 5.84 Å². The minimum absolute atomic E-state index is 0.349. The number of aliphatic imine (C=N–C) groups is 1. The number of benzene rings is 1. The summed E-state index contributed by atoms with van der Waals surface area (Å²) < 4.78 is 0. The van der Waals surface area contributed by atoms with Gasteiger partial charge in [0.15, 0.2) is 0 Å². The topological polar surface area (TPSA) is 71.0 Å². The first-order valence-corrected chi connectivity index (χ1v) is 6.07. The maximum Gasteiger partial charge on any atom is 0.116 e. The summed E-state index contributed by atoms with van der Waals surface area (Å²) in [6, 6.07) is 7.91. The molecule has 0 amide bonds. The van der Waals surface area contributed by atoms with E-state index in [1.807, 2.05) is 38.1 Å². The zero-order valence-electron chi connectivity index (χ0n) is 11.0. The van der Waals surface area contributed by atoms with E-state index >= 15 is 0 Å². The molecule has 0 aliphatic carbocycles. The Hall–Kier alpha value is -1.75. The molecule has 18 heavy (non-hydrogen) atoms. The summed E-state index contributed by atoms with van der Waals surface area (Å²) in [5.74, 6) is 6.66. The second-order valence-electron chi connectivity index (χ2n) is 4.20. The molecule has 0 aliphatic rings. The molecule has 0 fully saturated rings. The van der Waals surface area contributed by atoms with Crippen molar-refractivity contribution in [2.45, 2.75) is 26.7 Å². The van der Waals surface area contributed by atoms with Crippen LogP contribution >= 0.6 is 0 Å². The van der Waals surface area contributed by atoms with Crippen LogP contribution in [0.5, 0.6) is 0 Å². The molecule has 0 saturated carbocycles. The first-order valence-electron chi connectivity index (χ1n) is 6.07. The highest BCUT2D eigenvalue weighted by Gasteiger charge is 2.02. The lowest BCUT2D eigenvalue weighted by molar-refractivity contribution is 0.421. The maximum atomic E-state index is 9.94. The van der Waals surface area contributed by atoms with Crippen LogP contribution in [0, 0.1) is 11.8 Å². The third-order valence-corrected chi connectivity index (χ3v) is 2.71. The molecule has 1 rings (SSSR count). The fourth-order valence-corrected chi connectivity index (χ4v) is 1.55. The summed E-state index contributed by atoms with van der Waals surface area (Å²) in [6.45, 7) is 4.92. The molecule has 0 unspecified atom stereocenters. The van der Waals surface area contributed by atoms with Crippen molar-refractivity contribution in [2.75, 3.05) is 13.1 Å². The molecule has 0 heterocycles. The van der Waals surface area contributed by atoms with Gasteiger partial charge in [-0.25, -0.2) is 10.8 Å². The molecule has 1 aromatic rings. The molecule has 2 N–H and O–H groups in total. The van der Waals surface area contributed by atoms with E-state index in [9.17, 15) is 4.91 Å². The average Bonchev–Trinajstić information content (AvgIpc) is 2.37. The highest BCUT2D eigenvalue weighted by Crippen LogP contribution is 2.17. The van der Waals surface area contributed by atoms with Crippen molar-refractivity contribution in [1.82, 2.24) is 5.01 Å². The molecule has 0 aliphatic heterocycles. The number of hydrogen-bond acceptors (Lipinski definition) is 4. The number of nitrogens with two attached hydrogens (primary N) is 1. The standard InChI is InChI=1S/C13H20N4O/c1-11-7-3-4-8-13(11)16-12(2)17(14)10-6-5-9-15-18/h3-4,7-8H,5-6,9-10,14H2,1-2H3. The van der Waals surface area contributed by atoms with Gasteiger partial charge in [0.2, 0.25) is 0 Å². The first kappa shape index (κ1) is 14.3. The fraction of sp³-hybridized carbons (Fsp3) is 0.462. The minimum Gasteiger partial charge on any atom is -0.299 e. The van der Waals surface area contributed by atoms with Crippen LogP contribution in [0.15, 0.2) is 34.4 Å². The number of aryl methyl sites for hydroxylation is 1. The van der Waals surface area contributed by atoms with Crippen LogP contribution in [0.1, 0.15) is 25.3 Å². The normalized spacial score (nSPS) is 11.4. The van der Waals surface area contributed by atoms with Crippen molar-refractivity contribution in [2.24, 2.45) is 16.0 Å². The Morgan fingerprint density at radius 3 is 2.72 bits per heavy atom. The Balaban J connectivity index is 2.55. The molecule has 98 valence electrons. The number of nitrogens with zero attached hydrogens (tertiary/aromatic N) is 3. The number of unbranched alkanes of at least 4 members (excludes halogenated alkanes) is 1. The average molecular weight is 248 g/mol. The second kappa shape index (κ2) is 7.55. The van der Waals surface area contributed by atoms with Gasteiger partial charge in [-0.15, -0.1) is 0 Å². The van der Waals surface area contributed by atoms with Gasteiger partial charge in [-0.2, -0.15) is 4.91 Å². The van der Waals surface area contributed by atoms with Gasteiger partial charge >= 0.3 is 0 Å². The number of amidine groups is 1. The third-order valence-electron chi connectivity index (χ3n) is 2.71. The monoisotopic (exact) mass is 248 g/mol. The number of rotatable bonds is 6. The molecule has 0 radical (unpaired) electrons. The van der Waals surface area contributed by atoms with Crippen LogP contribution in [-0.2, 0) is 0 Å². The lowest BCUT2D eigenvalue weighted by Crippen LogP contribution is -2.36. The van der Waals surface area contributed by atoms with Gasteiger partial charge in [0, 0.05) is 6.54 Å². The molecule has 5 heteroatoms. The molecule has 0 bridgehead atoms. The fourth-order valence-electron chi connectivity index (χ4n) is 1.55. The second-order valence-corrected chi connectivity index (χ2v) is 4.20. The van der Waals surface area contributed by atoms with Gasteiger partial charge in [0.1, 0.15) is 5.84 Å². The summed E-state index contributed by atoms with van der Waals surface area (Å²) in [4.78, 5) is 14.4. The number of para-hydroxylation sites is 1. The van der Waals surface area contributed by atoms with Crippen LogP contribution in [0.4, 0.5) is 5.69 Å². The Labute approximate surface area is 108 Å². The van der Waals surface area contributed by atoms with E-state index in [1.54, 1.807) is 5.01 Å². The van der Waals surface area contributed by atoms with Crippen LogP contribution in [0.2, 0.25) is 0 Å². The van der Waals surface area contributed by atoms with Gasteiger partial charge in [0.25, 0.3) is 0 Å². The summed E-state index contributed by atoms with van der Waals surface area (Å²) in [6.07, 6.45) is 1.59. The van der Waals surface area contributed by atoms with Gasteiger partial charge < -0.3 is 0 Å². The molecular weight excluding hydrogens is 228 g/mol. The quantitative estimate of drug-likeness (QED) is 0.210. The van der Waals surface area contributed by atoms with Gasteiger partial charge in [-0.1, -0.05) is 23.4 Å². The SMILES string of the molecule is CC(=Nc1ccccc1C)N(N)CCCCN=O. The van der Waals surface area contributed by atoms with Gasteiger partial charge in [-0.3, -0.25) is 5.01 Å². The summed E-state index contributed by atoms with van der Waals surface area (Å²) >= 11 is 0. The van der Waals surface area contributed by atoms with Crippen molar-refractivity contribution >= 4 is 11.5 Å². The first-order chi connectivity index (χ1) is 8.65. The summed E-state index contributed by atoms with van der Waals surface area (Å²) in [5.41, 5.74) is 2.05. The highest BCUT2D eigenvalue weighted by molar-refractivity contribution is 5.82. The van der Waals surface area contributed by atoms with Gasteiger partial charge in [0.05, 0.1) is 12.2 Å². The van der Waals surface area contributed by atoms with E-state index in [1.165, 1.54) is 0 Å². The van der Waals surface area contributed by atoms with E-state index in [4.69, 9.17) is 5.84 Å². The number of hydrogen-bond donors (Lipinski definition) is 1. The largest absolute Gasteiger partial charge is 0.299 e. The molecule has 0 spiro atoms. The van der Waals surface area contributed by atoms with Crippen molar-refractivity contribution in [3.8, 4) is 0 Å². The molecule has 1 aromatic carbocycles. The molecule has 0 saturated heterocycles. The zero-order valence-corrected chi connectivity index (χ0v) is 11.0. The highest BCUT2D eigenvalue weighted by atomic mass is 16.3. The predicted molar refractivity (Wildman–Crippen MR) is 74.7 cm³/mol. The lowest BCUT2D eigenvalue weighted by Gasteiger charge is -2.17. The Bertz CT molecular complexity index is 417. The summed E-state index contributed by atoms with van der Waals surface area (Å²) in [7, 11) is 0. The number of hydrazine groups is 1. The van der Waals surface area contributed by atoms with Crippen LogP contribution in [0.3, 0.4) is 0 Å². The van der Waals surface area contributed by atoms with Crippen molar-refractivity contribution in [3.63, 3.8) is 0 Å². The molecular formula is C13H20N4O. The van der Waals surface area contributed by atoms with E-state index in [0.29, 0.717) is 13.1 Å².